The van der Waals surface area contributed by atoms with E-state index in [0.29, 0.717) is 5.82 Å². The number of furan rings is 1. The molecule has 0 N–H and O–H groups in total. The topological polar surface area (TPSA) is 38.9 Å². The van der Waals surface area contributed by atoms with Crippen molar-refractivity contribution in [2.75, 3.05) is 0 Å². The first-order valence-electron chi connectivity index (χ1n) is 19.3. The predicted molar refractivity (Wildman–Crippen MR) is 237 cm³/mol. The summed E-state index contributed by atoms with van der Waals surface area (Å²) < 4.78 is 7.05. The molecule has 3 heteroatoms. The molecule has 0 spiro atoms. The van der Waals surface area contributed by atoms with E-state index >= 15 is 0 Å². The van der Waals surface area contributed by atoms with E-state index in [0.717, 1.165) is 77.5 Å². The molecule has 57 heavy (non-hydrogen) atoms. The van der Waals surface area contributed by atoms with Gasteiger partial charge in [0.1, 0.15) is 11.2 Å². The van der Waals surface area contributed by atoms with Crippen LogP contribution in [0.15, 0.2) is 211 Å². The van der Waals surface area contributed by atoms with Crippen LogP contribution in [-0.4, -0.2) is 9.97 Å². The molecule has 0 aliphatic heterocycles. The van der Waals surface area contributed by atoms with Crippen LogP contribution >= 0.6 is 0 Å². The van der Waals surface area contributed by atoms with Crippen molar-refractivity contribution in [3.63, 3.8) is 0 Å². The molecular formula is C54H34N2O. The lowest BCUT2D eigenvalue weighted by Crippen LogP contribution is -1.96. The average molecular weight is 727 g/mol. The van der Waals surface area contributed by atoms with Gasteiger partial charge in [0.05, 0.1) is 11.4 Å². The van der Waals surface area contributed by atoms with Crippen LogP contribution in [0.2, 0.25) is 0 Å². The van der Waals surface area contributed by atoms with E-state index < -0.39 is 0 Å². The molecule has 0 saturated carbocycles. The molecule has 2 heterocycles. The van der Waals surface area contributed by atoms with Crippen molar-refractivity contribution >= 4 is 43.5 Å². The highest BCUT2D eigenvalue weighted by molar-refractivity contribution is 6.21. The Morgan fingerprint density at radius 1 is 0.298 bits per heavy atom. The SMILES string of the molecule is c1ccc(-c2cccc(-c3ccc(-c4cc(-c5ccc(-c6ccc7ccccc7c6)cc5)nc(-c5ccccc5)n4)c4oc5c6ccccc6ccc5c34)c2)cc1. The first-order chi connectivity index (χ1) is 28.2. The van der Waals surface area contributed by atoms with Gasteiger partial charge >= 0.3 is 0 Å². The fourth-order valence-electron chi connectivity index (χ4n) is 8.20. The lowest BCUT2D eigenvalue weighted by atomic mass is 9.93. The van der Waals surface area contributed by atoms with Crippen molar-refractivity contribution in [2.24, 2.45) is 0 Å². The smallest absolute Gasteiger partial charge is 0.160 e. The van der Waals surface area contributed by atoms with Crippen molar-refractivity contribution < 1.29 is 4.42 Å². The minimum absolute atomic E-state index is 0.663. The lowest BCUT2D eigenvalue weighted by molar-refractivity contribution is 0.673. The van der Waals surface area contributed by atoms with Crippen molar-refractivity contribution in [1.29, 1.82) is 0 Å². The highest BCUT2D eigenvalue weighted by Crippen LogP contribution is 2.44. The van der Waals surface area contributed by atoms with Gasteiger partial charge in [-0.3, -0.25) is 0 Å². The van der Waals surface area contributed by atoms with Crippen LogP contribution in [0.3, 0.4) is 0 Å². The molecule has 0 aliphatic carbocycles. The normalized spacial score (nSPS) is 11.5. The number of benzene rings is 9. The number of nitrogens with zero attached hydrogens (tertiary/aromatic N) is 2. The van der Waals surface area contributed by atoms with Crippen molar-refractivity contribution in [2.45, 2.75) is 0 Å². The van der Waals surface area contributed by atoms with E-state index in [-0.39, 0.29) is 0 Å². The van der Waals surface area contributed by atoms with Crippen LogP contribution in [0.25, 0.3) is 111 Å². The van der Waals surface area contributed by atoms with Crippen molar-refractivity contribution in [1.82, 2.24) is 9.97 Å². The number of fused-ring (bicyclic) bond motifs is 6. The highest BCUT2D eigenvalue weighted by Gasteiger charge is 2.21. The number of aromatic nitrogens is 2. The van der Waals surface area contributed by atoms with Gasteiger partial charge in [-0.05, 0) is 79.9 Å². The Balaban J connectivity index is 1.11. The standard InChI is InChI=1S/C54H34N2O/c1-3-12-35(13-4-1)42-19-11-20-44(33-42)45-30-31-47(53-51(45)48-29-28-38-15-9-10-21-46(38)52(48)57-53)50-34-49(55-54(56-50)40-16-5-2-6-17-40)39-25-22-37(23-26-39)43-27-24-36-14-7-8-18-41(36)32-43/h1-34H. The molecule has 0 atom stereocenters. The molecule has 0 unspecified atom stereocenters. The maximum Gasteiger partial charge on any atom is 0.160 e. The summed E-state index contributed by atoms with van der Waals surface area (Å²) in [5.74, 6) is 0.663. The van der Waals surface area contributed by atoms with Crippen LogP contribution in [0.4, 0.5) is 0 Å². The lowest BCUT2D eigenvalue weighted by Gasteiger charge is -2.12. The summed E-state index contributed by atoms with van der Waals surface area (Å²) in [6.45, 7) is 0. The molecule has 0 bridgehead atoms. The molecule has 3 nitrogen and oxygen atoms in total. The molecule has 2 aromatic heterocycles. The van der Waals surface area contributed by atoms with E-state index in [4.69, 9.17) is 14.4 Å². The molecule has 11 rings (SSSR count). The summed E-state index contributed by atoms with van der Waals surface area (Å²) in [6, 6.07) is 72.7. The Morgan fingerprint density at radius 3 is 1.70 bits per heavy atom. The van der Waals surface area contributed by atoms with Crippen LogP contribution < -0.4 is 0 Å². The van der Waals surface area contributed by atoms with Gasteiger partial charge in [-0.25, -0.2) is 9.97 Å². The third-order valence-corrected chi connectivity index (χ3v) is 11.1. The van der Waals surface area contributed by atoms with E-state index in [1.54, 1.807) is 0 Å². The molecule has 0 radical (unpaired) electrons. The minimum atomic E-state index is 0.663. The first kappa shape index (κ1) is 32.8. The Labute approximate surface area is 330 Å². The number of hydrogen-bond donors (Lipinski definition) is 0. The summed E-state index contributed by atoms with van der Waals surface area (Å²) in [5.41, 5.74) is 13.1. The van der Waals surface area contributed by atoms with E-state index in [9.17, 15) is 0 Å². The second kappa shape index (κ2) is 13.6. The molecule has 0 amide bonds. The third kappa shape index (κ3) is 5.85. The minimum Gasteiger partial charge on any atom is -0.455 e. The Bertz CT molecular complexity index is 3270. The van der Waals surface area contributed by atoms with Crippen LogP contribution in [-0.2, 0) is 0 Å². The molecule has 0 aliphatic rings. The maximum atomic E-state index is 7.05. The summed E-state index contributed by atoms with van der Waals surface area (Å²) >= 11 is 0. The summed E-state index contributed by atoms with van der Waals surface area (Å²) in [6.07, 6.45) is 0. The van der Waals surface area contributed by atoms with Crippen LogP contribution in [0, 0.1) is 0 Å². The summed E-state index contributed by atoms with van der Waals surface area (Å²) in [5, 5.41) is 6.83. The van der Waals surface area contributed by atoms with Crippen molar-refractivity contribution in [3.8, 4) is 67.3 Å². The van der Waals surface area contributed by atoms with E-state index in [2.05, 4.69) is 188 Å². The van der Waals surface area contributed by atoms with Gasteiger partial charge < -0.3 is 4.42 Å². The van der Waals surface area contributed by atoms with Crippen molar-refractivity contribution in [3.05, 3.63) is 206 Å². The van der Waals surface area contributed by atoms with Gasteiger partial charge in [0.25, 0.3) is 0 Å². The van der Waals surface area contributed by atoms with Crippen LogP contribution in [0.5, 0.6) is 0 Å². The average Bonchev–Trinajstić information content (AvgIpc) is 3.70. The van der Waals surface area contributed by atoms with E-state index in [1.807, 2.05) is 18.2 Å². The fraction of sp³-hybridized carbons (Fsp3) is 0. The first-order valence-corrected chi connectivity index (χ1v) is 19.3. The van der Waals surface area contributed by atoms with E-state index in [1.165, 1.54) is 27.5 Å². The van der Waals surface area contributed by atoms with Gasteiger partial charge in [-0.1, -0.05) is 176 Å². The van der Waals surface area contributed by atoms with Gasteiger partial charge in [0.15, 0.2) is 5.82 Å². The zero-order chi connectivity index (χ0) is 37.7. The summed E-state index contributed by atoms with van der Waals surface area (Å²) in [4.78, 5) is 10.4. The molecule has 0 saturated heterocycles. The fourth-order valence-corrected chi connectivity index (χ4v) is 8.20. The summed E-state index contributed by atoms with van der Waals surface area (Å²) in [7, 11) is 0. The van der Waals surface area contributed by atoms with Gasteiger partial charge in [0.2, 0.25) is 0 Å². The van der Waals surface area contributed by atoms with Gasteiger partial charge in [0, 0.05) is 32.8 Å². The monoisotopic (exact) mass is 726 g/mol. The molecule has 0 fully saturated rings. The van der Waals surface area contributed by atoms with Gasteiger partial charge in [-0.2, -0.15) is 0 Å². The number of rotatable bonds is 6. The second-order valence-corrected chi connectivity index (χ2v) is 14.5. The Kier molecular flexibility index (Phi) is 7.82. The largest absolute Gasteiger partial charge is 0.455 e. The predicted octanol–water partition coefficient (Wildman–Crippen LogP) is 14.7. The molecular weight excluding hydrogens is 693 g/mol. The zero-order valence-corrected chi connectivity index (χ0v) is 30.9. The molecule has 11 aromatic rings. The quantitative estimate of drug-likeness (QED) is 0.171. The zero-order valence-electron chi connectivity index (χ0n) is 30.9. The Morgan fingerprint density at radius 2 is 0.877 bits per heavy atom. The highest BCUT2D eigenvalue weighted by atomic mass is 16.3. The Hall–Kier alpha value is -7.62. The van der Waals surface area contributed by atoms with Crippen LogP contribution in [0.1, 0.15) is 0 Å². The molecule has 266 valence electrons. The second-order valence-electron chi connectivity index (χ2n) is 14.5. The maximum absolute atomic E-state index is 7.05. The molecule has 9 aromatic carbocycles. The third-order valence-electron chi connectivity index (χ3n) is 11.1. The number of hydrogen-bond acceptors (Lipinski definition) is 3. The van der Waals surface area contributed by atoms with Gasteiger partial charge in [-0.15, -0.1) is 0 Å².